The van der Waals surface area contributed by atoms with Gasteiger partial charge in [-0.2, -0.15) is 9.50 Å². The van der Waals surface area contributed by atoms with Crippen molar-refractivity contribution in [2.24, 2.45) is 0 Å². The summed E-state index contributed by atoms with van der Waals surface area (Å²) >= 11 is 1.27. The number of ether oxygens (including phenoxy) is 4. The lowest BCUT2D eigenvalue weighted by Crippen LogP contribution is -2.26. The predicted molar refractivity (Wildman–Crippen MR) is 135 cm³/mol. The lowest BCUT2D eigenvalue weighted by Gasteiger charge is -2.24. The van der Waals surface area contributed by atoms with Crippen molar-refractivity contribution < 1.29 is 18.9 Å². The molecule has 1 atom stereocenters. The summed E-state index contributed by atoms with van der Waals surface area (Å²) in [4.78, 5) is 18.1. The molecule has 8 nitrogen and oxygen atoms in total. The van der Waals surface area contributed by atoms with Gasteiger partial charge in [-0.1, -0.05) is 59.9 Å². The minimum atomic E-state index is -0.480. The minimum absolute atomic E-state index is 0.241. The van der Waals surface area contributed by atoms with E-state index in [2.05, 4.69) is 10.1 Å². The van der Waals surface area contributed by atoms with Crippen LogP contribution < -0.4 is 29.0 Å². The molecule has 36 heavy (non-hydrogen) atoms. The molecule has 1 aliphatic heterocycles. The molecule has 3 heterocycles. The lowest BCUT2D eigenvalue weighted by molar-refractivity contribution is 0.0852. The zero-order valence-corrected chi connectivity index (χ0v) is 20.1. The second-order valence-electron chi connectivity index (χ2n) is 8.13. The van der Waals surface area contributed by atoms with Crippen LogP contribution in [-0.2, 0) is 6.61 Å². The molecule has 0 aliphatic carbocycles. The fourth-order valence-corrected chi connectivity index (χ4v) is 4.83. The Bertz CT molecular complexity index is 1650. The van der Waals surface area contributed by atoms with Crippen LogP contribution in [0.25, 0.3) is 11.0 Å². The van der Waals surface area contributed by atoms with Gasteiger partial charge in [-0.25, -0.2) is 0 Å². The predicted octanol–water partition coefficient (Wildman–Crippen LogP) is 3.80. The molecular weight excluding hydrogens is 478 g/mol. The van der Waals surface area contributed by atoms with Crippen LogP contribution in [0.4, 0.5) is 0 Å². The summed E-state index contributed by atoms with van der Waals surface area (Å²) in [6, 6.07) is 22.9. The van der Waals surface area contributed by atoms with E-state index in [1.807, 2.05) is 72.8 Å². The normalized spacial score (nSPS) is 15.2. The molecule has 0 unspecified atom stereocenters. The Morgan fingerprint density at radius 3 is 2.67 bits per heavy atom. The van der Waals surface area contributed by atoms with Crippen LogP contribution in [0.2, 0.25) is 0 Å². The Labute approximate surface area is 210 Å². The third-order valence-electron chi connectivity index (χ3n) is 5.72. The summed E-state index contributed by atoms with van der Waals surface area (Å²) in [7, 11) is 1.59. The summed E-state index contributed by atoms with van der Waals surface area (Å²) in [6.45, 7) is 0.711. The van der Waals surface area contributed by atoms with Gasteiger partial charge in [0.25, 0.3) is 5.56 Å². The van der Waals surface area contributed by atoms with E-state index in [1.165, 1.54) is 15.9 Å². The minimum Gasteiger partial charge on any atom is -0.493 e. The summed E-state index contributed by atoms with van der Waals surface area (Å²) in [6.07, 6.45) is 1.31. The Hall–Kier alpha value is -4.37. The molecular formula is C27H21N3O5S. The summed E-state index contributed by atoms with van der Waals surface area (Å²) in [5.74, 6) is 2.95. The first kappa shape index (κ1) is 22.1. The number of rotatable bonds is 6. The molecule has 0 radical (unpaired) electrons. The number of hydrogen-bond acceptors (Lipinski definition) is 8. The average Bonchev–Trinajstić information content (AvgIpc) is 3.47. The molecule has 9 heteroatoms. The fraction of sp³-hybridized carbons (Fsp3) is 0.148. The number of thiazole rings is 1. The van der Waals surface area contributed by atoms with Crippen molar-refractivity contribution in [3.05, 3.63) is 105 Å². The Morgan fingerprint density at radius 2 is 1.86 bits per heavy atom. The highest BCUT2D eigenvalue weighted by Gasteiger charge is 2.27. The molecule has 0 fully saturated rings. The highest BCUT2D eigenvalue weighted by atomic mass is 32.1. The fourth-order valence-electron chi connectivity index (χ4n) is 3.91. The topological polar surface area (TPSA) is 84.2 Å². The number of methoxy groups -OCH3 is 1. The zero-order chi connectivity index (χ0) is 24.5. The Balaban J connectivity index is 1.24. The van der Waals surface area contributed by atoms with Crippen molar-refractivity contribution >= 4 is 22.4 Å². The van der Waals surface area contributed by atoms with E-state index in [0.717, 1.165) is 11.1 Å². The zero-order valence-electron chi connectivity index (χ0n) is 19.3. The molecule has 2 aromatic heterocycles. The van der Waals surface area contributed by atoms with Crippen LogP contribution in [0.1, 0.15) is 23.1 Å². The molecule has 0 saturated carbocycles. The van der Waals surface area contributed by atoms with Gasteiger partial charge in [-0.3, -0.25) is 4.79 Å². The van der Waals surface area contributed by atoms with Crippen LogP contribution in [0, 0.1) is 0 Å². The molecule has 180 valence electrons. The maximum absolute atomic E-state index is 13.0. The van der Waals surface area contributed by atoms with Crippen LogP contribution in [0.15, 0.2) is 77.6 Å². The quantitative estimate of drug-likeness (QED) is 0.351. The van der Waals surface area contributed by atoms with E-state index >= 15 is 0 Å². The van der Waals surface area contributed by atoms with Crippen molar-refractivity contribution in [2.75, 3.05) is 13.7 Å². The third kappa shape index (κ3) is 4.25. The van der Waals surface area contributed by atoms with E-state index in [1.54, 1.807) is 13.2 Å². The monoisotopic (exact) mass is 499 g/mol. The van der Waals surface area contributed by atoms with Crippen LogP contribution in [0.3, 0.4) is 0 Å². The molecule has 6 rings (SSSR count). The highest BCUT2D eigenvalue weighted by molar-refractivity contribution is 7.15. The first-order valence-corrected chi connectivity index (χ1v) is 12.1. The molecule has 5 aromatic rings. The van der Waals surface area contributed by atoms with Gasteiger partial charge >= 0.3 is 0 Å². The van der Waals surface area contributed by atoms with Gasteiger partial charge in [0.2, 0.25) is 4.96 Å². The highest BCUT2D eigenvalue weighted by Crippen LogP contribution is 2.35. The van der Waals surface area contributed by atoms with Crippen molar-refractivity contribution in [1.82, 2.24) is 14.6 Å². The molecule has 0 N–H and O–H groups in total. The molecule has 1 aliphatic rings. The van der Waals surface area contributed by atoms with Gasteiger partial charge in [0.1, 0.15) is 13.2 Å². The van der Waals surface area contributed by atoms with Crippen molar-refractivity contribution in [1.29, 1.82) is 0 Å². The summed E-state index contributed by atoms with van der Waals surface area (Å²) in [5, 5.41) is 4.41. The number of benzene rings is 3. The maximum Gasteiger partial charge on any atom is 0.291 e. The van der Waals surface area contributed by atoms with E-state index in [0.29, 0.717) is 44.9 Å². The maximum atomic E-state index is 13.0. The molecule has 0 saturated heterocycles. The van der Waals surface area contributed by atoms with Gasteiger partial charge in [-0.05, 0) is 41.5 Å². The second kappa shape index (κ2) is 9.35. The second-order valence-corrected chi connectivity index (χ2v) is 9.14. The van der Waals surface area contributed by atoms with Gasteiger partial charge < -0.3 is 18.9 Å². The summed E-state index contributed by atoms with van der Waals surface area (Å²) < 4.78 is 25.0. The molecule has 0 amide bonds. The van der Waals surface area contributed by atoms with E-state index in [-0.39, 0.29) is 12.2 Å². The number of hydrogen-bond donors (Lipinski definition) is 0. The standard InChI is InChI=1S/C27H21N3O5S/c1-32-22-13-18(11-12-20(22)33-15-17-7-3-2-4-8-17)14-24-26(31)30-27(36-24)28-25(29-30)23-16-34-19-9-5-6-10-21(19)35-23/h2-14,23H,15-16H2,1H3/b24-14-/t23-/m1/s1. The number of para-hydroxylation sites is 2. The average molecular weight is 500 g/mol. The summed E-state index contributed by atoms with van der Waals surface area (Å²) in [5.41, 5.74) is 1.63. The number of fused-ring (bicyclic) bond motifs is 2. The first-order valence-electron chi connectivity index (χ1n) is 11.3. The van der Waals surface area contributed by atoms with Gasteiger partial charge in [0.15, 0.2) is 34.9 Å². The van der Waals surface area contributed by atoms with E-state index < -0.39 is 6.10 Å². The number of nitrogens with zero attached hydrogens (tertiary/aromatic N) is 3. The first-order chi connectivity index (χ1) is 17.7. The van der Waals surface area contributed by atoms with Crippen molar-refractivity contribution in [3.63, 3.8) is 0 Å². The van der Waals surface area contributed by atoms with Crippen molar-refractivity contribution in [3.8, 4) is 23.0 Å². The smallest absolute Gasteiger partial charge is 0.291 e. The Morgan fingerprint density at radius 1 is 1.06 bits per heavy atom. The third-order valence-corrected chi connectivity index (χ3v) is 6.68. The van der Waals surface area contributed by atoms with Crippen molar-refractivity contribution in [2.45, 2.75) is 12.7 Å². The Kier molecular flexibility index (Phi) is 5.74. The van der Waals surface area contributed by atoms with Gasteiger partial charge in [0.05, 0.1) is 11.6 Å². The van der Waals surface area contributed by atoms with E-state index in [9.17, 15) is 4.79 Å². The molecule has 0 bridgehead atoms. The van der Waals surface area contributed by atoms with Crippen LogP contribution in [-0.4, -0.2) is 28.3 Å². The number of aromatic nitrogens is 3. The van der Waals surface area contributed by atoms with Crippen LogP contribution >= 0.6 is 11.3 Å². The van der Waals surface area contributed by atoms with Gasteiger partial charge in [0, 0.05) is 0 Å². The van der Waals surface area contributed by atoms with Gasteiger partial charge in [-0.15, -0.1) is 5.10 Å². The van der Waals surface area contributed by atoms with Crippen LogP contribution in [0.5, 0.6) is 23.0 Å². The SMILES string of the molecule is COc1cc(/C=c2\sc3nc([C@H]4COc5ccccc5O4)nn3c2=O)ccc1OCc1ccccc1. The van der Waals surface area contributed by atoms with E-state index in [4.69, 9.17) is 18.9 Å². The lowest BCUT2D eigenvalue weighted by atomic mass is 10.2. The molecule has 0 spiro atoms. The largest absolute Gasteiger partial charge is 0.493 e. The molecule has 3 aromatic carbocycles.